The number of hydrogen-bond donors (Lipinski definition) is 1. The van der Waals surface area contributed by atoms with Gasteiger partial charge in [0.1, 0.15) is 5.82 Å². The van der Waals surface area contributed by atoms with Crippen LogP contribution in [-0.4, -0.2) is 35.6 Å². The van der Waals surface area contributed by atoms with E-state index in [2.05, 4.69) is 0 Å². The summed E-state index contributed by atoms with van der Waals surface area (Å²) in [6, 6.07) is 4.25. The van der Waals surface area contributed by atoms with E-state index >= 15 is 0 Å². The van der Waals surface area contributed by atoms with Gasteiger partial charge in [-0.05, 0) is 49.4 Å². The molecule has 1 saturated heterocycles. The molecule has 0 radical (unpaired) electrons. The molecule has 3 nitrogen and oxygen atoms in total. The second-order valence-electron chi connectivity index (χ2n) is 4.88. The predicted molar refractivity (Wildman–Crippen MR) is 66.9 cm³/mol. The maximum Gasteiger partial charge on any atom is 0.254 e. The number of halogens is 1. The number of amides is 1. The number of aliphatic hydroxyl groups excluding tert-OH is 1. The van der Waals surface area contributed by atoms with E-state index in [1.165, 1.54) is 12.1 Å². The summed E-state index contributed by atoms with van der Waals surface area (Å²) >= 11 is 0. The third-order valence-electron chi connectivity index (χ3n) is 3.53. The molecule has 0 aromatic heterocycles. The molecule has 0 spiro atoms. The summed E-state index contributed by atoms with van der Waals surface area (Å²) in [7, 11) is 0. The molecule has 1 aromatic rings. The zero-order valence-electron chi connectivity index (χ0n) is 10.5. The molecular formula is C14H18FNO2. The Bertz CT molecular complexity index is 447. The number of hydrogen-bond acceptors (Lipinski definition) is 2. The molecule has 4 heteroatoms. The number of likely N-dealkylation sites (tertiary alicyclic amines) is 1. The second-order valence-corrected chi connectivity index (χ2v) is 4.88. The van der Waals surface area contributed by atoms with Gasteiger partial charge in [-0.3, -0.25) is 4.79 Å². The lowest BCUT2D eigenvalue weighted by atomic mass is 10.1. The summed E-state index contributed by atoms with van der Waals surface area (Å²) in [5, 5.41) is 8.90. The Morgan fingerprint density at radius 1 is 1.56 bits per heavy atom. The fourth-order valence-corrected chi connectivity index (χ4v) is 2.47. The maximum absolute atomic E-state index is 13.0. The number of aliphatic hydroxyl groups is 1. The Labute approximate surface area is 106 Å². The Kier molecular flexibility index (Phi) is 3.97. The topological polar surface area (TPSA) is 40.5 Å². The summed E-state index contributed by atoms with van der Waals surface area (Å²) in [5.74, 6) is 0.0382. The number of carbonyl (C=O) groups excluding carboxylic acids is 1. The van der Waals surface area contributed by atoms with E-state index in [0.717, 1.165) is 19.4 Å². The zero-order chi connectivity index (χ0) is 13.1. The summed E-state index contributed by atoms with van der Waals surface area (Å²) in [6.07, 6.45) is 1.68. The Balaban J connectivity index is 2.08. The Hall–Kier alpha value is -1.42. The lowest BCUT2D eigenvalue weighted by molar-refractivity contribution is 0.0784. The van der Waals surface area contributed by atoms with Gasteiger partial charge in [0.2, 0.25) is 0 Å². The molecule has 1 N–H and O–H groups in total. The fourth-order valence-electron chi connectivity index (χ4n) is 2.47. The fraction of sp³-hybridized carbons (Fsp3) is 0.500. The molecule has 1 heterocycles. The minimum Gasteiger partial charge on any atom is -0.396 e. The van der Waals surface area contributed by atoms with Gasteiger partial charge in [0.15, 0.2) is 0 Å². The van der Waals surface area contributed by atoms with Crippen molar-refractivity contribution >= 4 is 5.91 Å². The first kappa shape index (κ1) is 13.0. The van der Waals surface area contributed by atoms with E-state index in [9.17, 15) is 9.18 Å². The van der Waals surface area contributed by atoms with Gasteiger partial charge in [-0.15, -0.1) is 0 Å². The van der Waals surface area contributed by atoms with Crippen molar-refractivity contribution in [2.45, 2.75) is 19.8 Å². The number of rotatable bonds is 3. The highest BCUT2D eigenvalue weighted by molar-refractivity contribution is 5.95. The number of carbonyl (C=O) groups is 1. The van der Waals surface area contributed by atoms with Crippen molar-refractivity contribution in [1.82, 2.24) is 4.90 Å². The molecule has 1 unspecified atom stereocenters. The van der Waals surface area contributed by atoms with E-state index in [1.54, 1.807) is 17.9 Å². The molecule has 2 rings (SSSR count). The van der Waals surface area contributed by atoms with Crippen LogP contribution in [0.3, 0.4) is 0 Å². The molecule has 1 atom stereocenters. The molecule has 1 aromatic carbocycles. The third-order valence-corrected chi connectivity index (χ3v) is 3.53. The molecule has 0 aliphatic carbocycles. The van der Waals surface area contributed by atoms with Gasteiger partial charge in [0.05, 0.1) is 0 Å². The van der Waals surface area contributed by atoms with Gasteiger partial charge >= 0.3 is 0 Å². The van der Waals surface area contributed by atoms with Crippen molar-refractivity contribution in [3.05, 3.63) is 35.1 Å². The van der Waals surface area contributed by atoms with Crippen molar-refractivity contribution in [2.75, 3.05) is 19.7 Å². The predicted octanol–water partition coefficient (Wildman–Crippen LogP) is 1.98. The normalized spacial score (nSPS) is 19.3. The smallest absolute Gasteiger partial charge is 0.254 e. The minimum atomic E-state index is -0.316. The summed E-state index contributed by atoms with van der Waals surface area (Å²) in [5.41, 5.74) is 1.24. The first-order valence-electron chi connectivity index (χ1n) is 6.28. The van der Waals surface area contributed by atoms with E-state index in [4.69, 9.17) is 5.11 Å². The summed E-state index contributed by atoms with van der Waals surface area (Å²) in [6.45, 7) is 3.33. The molecule has 0 bridgehead atoms. The summed E-state index contributed by atoms with van der Waals surface area (Å²) in [4.78, 5) is 14.1. The van der Waals surface area contributed by atoms with Gasteiger partial charge in [0.25, 0.3) is 5.91 Å². The van der Waals surface area contributed by atoms with Crippen LogP contribution in [-0.2, 0) is 0 Å². The average Bonchev–Trinajstić information content (AvgIpc) is 2.77. The maximum atomic E-state index is 13.0. The third kappa shape index (κ3) is 2.70. The lowest BCUT2D eigenvalue weighted by Crippen LogP contribution is -2.29. The summed E-state index contributed by atoms with van der Waals surface area (Å²) < 4.78 is 13.0. The first-order valence-corrected chi connectivity index (χ1v) is 6.28. The van der Waals surface area contributed by atoms with Crippen LogP contribution in [0.25, 0.3) is 0 Å². The molecule has 0 saturated carbocycles. The first-order chi connectivity index (χ1) is 8.61. The van der Waals surface area contributed by atoms with Gasteiger partial charge < -0.3 is 10.0 Å². The van der Waals surface area contributed by atoms with Crippen molar-refractivity contribution in [3.63, 3.8) is 0 Å². The van der Waals surface area contributed by atoms with Crippen LogP contribution in [0.15, 0.2) is 18.2 Å². The Morgan fingerprint density at radius 3 is 3.00 bits per heavy atom. The van der Waals surface area contributed by atoms with Crippen molar-refractivity contribution in [1.29, 1.82) is 0 Å². The monoisotopic (exact) mass is 251 g/mol. The molecule has 1 aliphatic rings. The van der Waals surface area contributed by atoms with Crippen LogP contribution in [0.2, 0.25) is 0 Å². The molecule has 1 amide bonds. The van der Waals surface area contributed by atoms with Gasteiger partial charge in [-0.2, -0.15) is 0 Å². The molecule has 1 aliphatic heterocycles. The van der Waals surface area contributed by atoms with Crippen LogP contribution in [0, 0.1) is 18.7 Å². The van der Waals surface area contributed by atoms with Gasteiger partial charge in [-0.25, -0.2) is 4.39 Å². The van der Waals surface area contributed by atoms with Gasteiger partial charge in [0, 0.05) is 25.3 Å². The average molecular weight is 251 g/mol. The number of aryl methyl sites for hydroxylation is 1. The van der Waals surface area contributed by atoms with E-state index < -0.39 is 0 Å². The highest BCUT2D eigenvalue weighted by Gasteiger charge is 2.27. The Morgan fingerprint density at radius 2 is 2.33 bits per heavy atom. The largest absolute Gasteiger partial charge is 0.396 e. The number of benzene rings is 1. The quantitative estimate of drug-likeness (QED) is 0.892. The van der Waals surface area contributed by atoms with Crippen LogP contribution >= 0.6 is 0 Å². The van der Waals surface area contributed by atoms with E-state index in [-0.39, 0.29) is 18.3 Å². The SMILES string of the molecule is Cc1cc(F)ccc1C(=O)N1CCC(CCO)C1. The van der Waals surface area contributed by atoms with Crippen LogP contribution in [0.4, 0.5) is 4.39 Å². The standard InChI is InChI=1S/C14H18FNO2/c1-10-8-12(15)2-3-13(10)14(18)16-6-4-11(9-16)5-7-17/h2-3,8,11,17H,4-7,9H2,1H3. The lowest BCUT2D eigenvalue weighted by Gasteiger charge is -2.17. The number of nitrogens with zero attached hydrogens (tertiary/aromatic N) is 1. The van der Waals surface area contributed by atoms with Crippen molar-refractivity contribution < 1.29 is 14.3 Å². The second kappa shape index (κ2) is 5.48. The van der Waals surface area contributed by atoms with Gasteiger partial charge in [-0.1, -0.05) is 0 Å². The van der Waals surface area contributed by atoms with E-state index in [1.807, 2.05) is 0 Å². The highest BCUT2D eigenvalue weighted by Crippen LogP contribution is 2.22. The molecule has 1 fully saturated rings. The molecule has 18 heavy (non-hydrogen) atoms. The van der Waals surface area contributed by atoms with Crippen molar-refractivity contribution in [2.24, 2.45) is 5.92 Å². The molecular weight excluding hydrogens is 233 g/mol. The van der Waals surface area contributed by atoms with Crippen LogP contribution in [0.1, 0.15) is 28.8 Å². The molecule has 98 valence electrons. The van der Waals surface area contributed by atoms with E-state index in [0.29, 0.717) is 23.6 Å². The van der Waals surface area contributed by atoms with Crippen molar-refractivity contribution in [3.8, 4) is 0 Å². The van der Waals surface area contributed by atoms with Crippen LogP contribution in [0.5, 0.6) is 0 Å². The highest BCUT2D eigenvalue weighted by atomic mass is 19.1. The zero-order valence-corrected chi connectivity index (χ0v) is 10.5. The minimum absolute atomic E-state index is 0.0343. The van der Waals surface area contributed by atoms with Crippen LogP contribution < -0.4 is 0 Å².